The summed E-state index contributed by atoms with van der Waals surface area (Å²) in [4.78, 5) is 6.89. The minimum atomic E-state index is -0.511. The van der Waals surface area contributed by atoms with E-state index in [1.54, 1.807) is 13.2 Å². The standard InChI is InChI=1S/C27H24ClFN4O3/c1-34-27-20-3-4-21-25(32-18-2-6-23(29)22(28)14-18)17(15-30)16-31-26(21)19(20)5-7-24(27)36-13-10-33-8-11-35-12-9-33/h2-7,14,16H,8-13H2,1H3,(H,31,32). The lowest BCUT2D eigenvalue weighted by Crippen LogP contribution is -2.38. The van der Waals surface area contributed by atoms with Crippen molar-refractivity contribution in [3.63, 3.8) is 0 Å². The lowest BCUT2D eigenvalue weighted by Gasteiger charge is -2.26. The number of nitriles is 1. The van der Waals surface area contributed by atoms with Crippen molar-refractivity contribution in [2.75, 3.05) is 51.9 Å². The number of methoxy groups -OCH3 is 1. The fourth-order valence-electron chi connectivity index (χ4n) is 4.39. The van der Waals surface area contributed by atoms with Crippen molar-refractivity contribution in [2.45, 2.75) is 0 Å². The Morgan fingerprint density at radius 3 is 2.67 bits per heavy atom. The summed E-state index contributed by atoms with van der Waals surface area (Å²) in [6.45, 7) is 4.65. The molecule has 9 heteroatoms. The average Bonchev–Trinajstić information content (AvgIpc) is 2.91. The number of hydrogen-bond donors (Lipinski definition) is 1. The van der Waals surface area contributed by atoms with Gasteiger partial charge in [0.2, 0.25) is 0 Å². The van der Waals surface area contributed by atoms with Gasteiger partial charge in [-0.2, -0.15) is 5.26 Å². The summed E-state index contributed by atoms with van der Waals surface area (Å²) in [6, 6.07) is 14.1. The Bertz CT molecular complexity index is 1470. The van der Waals surface area contributed by atoms with Crippen molar-refractivity contribution in [2.24, 2.45) is 0 Å². The molecule has 0 saturated carbocycles. The molecule has 5 rings (SSSR count). The van der Waals surface area contributed by atoms with Gasteiger partial charge in [0.25, 0.3) is 0 Å². The molecule has 1 aromatic heterocycles. The minimum Gasteiger partial charge on any atom is -0.492 e. The van der Waals surface area contributed by atoms with E-state index in [9.17, 15) is 9.65 Å². The van der Waals surface area contributed by atoms with E-state index in [2.05, 4.69) is 21.3 Å². The maximum Gasteiger partial charge on any atom is 0.168 e. The van der Waals surface area contributed by atoms with Crippen molar-refractivity contribution >= 4 is 44.7 Å². The summed E-state index contributed by atoms with van der Waals surface area (Å²) >= 11 is 5.95. The minimum absolute atomic E-state index is 0.00629. The van der Waals surface area contributed by atoms with Gasteiger partial charge in [0.1, 0.15) is 18.5 Å². The molecule has 1 fully saturated rings. The first kappa shape index (κ1) is 24.1. The molecule has 0 aliphatic carbocycles. The van der Waals surface area contributed by atoms with E-state index in [4.69, 9.17) is 25.8 Å². The van der Waals surface area contributed by atoms with Crippen molar-refractivity contribution in [3.05, 3.63) is 65.1 Å². The second kappa shape index (κ2) is 10.5. The number of halogens is 2. The Balaban J connectivity index is 1.50. The van der Waals surface area contributed by atoms with Gasteiger partial charge in [-0.3, -0.25) is 9.88 Å². The third-order valence-corrected chi connectivity index (χ3v) is 6.52. The second-order valence-electron chi connectivity index (χ2n) is 8.37. The van der Waals surface area contributed by atoms with Crippen LogP contribution in [0.1, 0.15) is 5.56 Å². The highest BCUT2D eigenvalue weighted by Gasteiger charge is 2.17. The van der Waals surface area contributed by atoms with E-state index >= 15 is 0 Å². The number of ether oxygens (including phenoxy) is 3. The lowest BCUT2D eigenvalue weighted by atomic mass is 10.0. The highest BCUT2D eigenvalue weighted by molar-refractivity contribution is 6.31. The fourth-order valence-corrected chi connectivity index (χ4v) is 4.57. The van der Waals surface area contributed by atoms with Gasteiger partial charge in [-0.25, -0.2) is 4.39 Å². The zero-order valence-electron chi connectivity index (χ0n) is 19.7. The van der Waals surface area contributed by atoms with Crippen LogP contribution in [-0.2, 0) is 4.74 Å². The first-order chi connectivity index (χ1) is 17.6. The summed E-state index contributed by atoms with van der Waals surface area (Å²) in [6.07, 6.45) is 1.52. The van der Waals surface area contributed by atoms with E-state index in [1.165, 1.54) is 18.3 Å². The zero-order chi connectivity index (χ0) is 25.1. The molecule has 7 nitrogen and oxygen atoms in total. The molecule has 1 saturated heterocycles. The second-order valence-corrected chi connectivity index (χ2v) is 8.78. The number of fused-ring (bicyclic) bond motifs is 3. The molecule has 4 aromatic rings. The van der Waals surface area contributed by atoms with Crippen LogP contribution in [0, 0.1) is 17.1 Å². The third-order valence-electron chi connectivity index (χ3n) is 6.23. The monoisotopic (exact) mass is 506 g/mol. The summed E-state index contributed by atoms with van der Waals surface area (Å²) < 4.78 is 30.9. The molecule has 0 spiro atoms. The molecular formula is C27H24ClFN4O3. The van der Waals surface area contributed by atoms with Crippen LogP contribution in [0.5, 0.6) is 11.5 Å². The number of nitrogens with one attached hydrogen (secondary N) is 1. The van der Waals surface area contributed by atoms with Crippen molar-refractivity contribution in [1.82, 2.24) is 9.88 Å². The molecule has 0 unspecified atom stereocenters. The van der Waals surface area contributed by atoms with Crippen molar-refractivity contribution < 1.29 is 18.6 Å². The molecule has 0 radical (unpaired) electrons. The topological polar surface area (TPSA) is 79.6 Å². The molecule has 0 bridgehead atoms. The molecule has 1 N–H and O–H groups in total. The maximum atomic E-state index is 13.6. The van der Waals surface area contributed by atoms with Gasteiger partial charge in [0.15, 0.2) is 11.5 Å². The van der Waals surface area contributed by atoms with Gasteiger partial charge >= 0.3 is 0 Å². The summed E-state index contributed by atoms with van der Waals surface area (Å²) in [7, 11) is 1.62. The molecule has 1 aliphatic heterocycles. The van der Waals surface area contributed by atoms with Crippen LogP contribution in [0.3, 0.4) is 0 Å². The SMILES string of the molecule is COc1c(OCCN2CCOCC2)ccc2c1ccc1c(Nc3ccc(F)c(Cl)c3)c(C#N)cnc12. The Morgan fingerprint density at radius 2 is 1.92 bits per heavy atom. The van der Waals surface area contributed by atoms with Gasteiger partial charge in [-0.15, -0.1) is 0 Å². The molecule has 36 heavy (non-hydrogen) atoms. The number of nitrogens with zero attached hydrogens (tertiary/aromatic N) is 3. The number of hydrogen-bond acceptors (Lipinski definition) is 7. The van der Waals surface area contributed by atoms with E-state index in [-0.39, 0.29) is 5.02 Å². The van der Waals surface area contributed by atoms with Gasteiger partial charge in [-0.05, 0) is 42.5 Å². The quantitative estimate of drug-likeness (QED) is 0.331. The molecule has 0 amide bonds. The Labute approximate surface area is 212 Å². The fraction of sp³-hybridized carbons (Fsp3) is 0.259. The van der Waals surface area contributed by atoms with Crippen LogP contribution in [0.25, 0.3) is 21.7 Å². The highest BCUT2D eigenvalue weighted by atomic mass is 35.5. The predicted octanol–water partition coefficient (Wildman–Crippen LogP) is 5.52. The van der Waals surface area contributed by atoms with E-state index in [0.29, 0.717) is 40.6 Å². The number of benzene rings is 3. The number of aromatic nitrogens is 1. The number of rotatable bonds is 7. The summed E-state index contributed by atoms with van der Waals surface area (Å²) in [5.41, 5.74) is 2.18. The highest BCUT2D eigenvalue weighted by Crippen LogP contribution is 2.40. The molecule has 3 aromatic carbocycles. The zero-order valence-corrected chi connectivity index (χ0v) is 20.4. The predicted molar refractivity (Wildman–Crippen MR) is 138 cm³/mol. The van der Waals surface area contributed by atoms with Gasteiger partial charge in [0, 0.05) is 47.7 Å². The third kappa shape index (κ3) is 4.73. The number of pyridine rings is 1. The molecule has 2 heterocycles. The van der Waals surface area contributed by atoms with Crippen LogP contribution in [0.2, 0.25) is 5.02 Å². The maximum absolute atomic E-state index is 13.6. The lowest BCUT2D eigenvalue weighted by molar-refractivity contribution is 0.0321. The summed E-state index contributed by atoms with van der Waals surface area (Å²) in [5.74, 6) is 0.774. The van der Waals surface area contributed by atoms with Crippen LogP contribution in [-0.4, -0.2) is 56.4 Å². The van der Waals surface area contributed by atoms with Crippen molar-refractivity contribution in [1.29, 1.82) is 5.26 Å². The summed E-state index contributed by atoms with van der Waals surface area (Å²) in [5, 5.41) is 15.4. The molecule has 0 atom stereocenters. The first-order valence-corrected chi connectivity index (χ1v) is 11.9. The van der Waals surface area contributed by atoms with Crippen LogP contribution >= 0.6 is 11.6 Å². The van der Waals surface area contributed by atoms with Crippen LogP contribution in [0.4, 0.5) is 15.8 Å². The molecule has 1 aliphatic rings. The first-order valence-electron chi connectivity index (χ1n) is 11.6. The van der Waals surface area contributed by atoms with Gasteiger partial charge in [0.05, 0.1) is 42.1 Å². The Hall–Kier alpha value is -3.64. The Kier molecular flexibility index (Phi) is 7.05. The normalized spacial score (nSPS) is 14.1. The number of anilines is 2. The smallest absolute Gasteiger partial charge is 0.168 e. The molecular weight excluding hydrogens is 483 g/mol. The van der Waals surface area contributed by atoms with Crippen LogP contribution in [0.15, 0.2) is 48.7 Å². The largest absolute Gasteiger partial charge is 0.492 e. The molecule has 184 valence electrons. The van der Waals surface area contributed by atoms with E-state index in [1.807, 2.05) is 24.3 Å². The van der Waals surface area contributed by atoms with Crippen molar-refractivity contribution in [3.8, 4) is 17.6 Å². The van der Waals surface area contributed by atoms with Gasteiger partial charge < -0.3 is 19.5 Å². The van der Waals surface area contributed by atoms with E-state index in [0.717, 1.165) is 49.0 Å². The van der Waals surface area contributed by atoms with E-state index < -0.39 is 5.82 Å². The van der Waals surface area contributed by atoms with Gasteiger partial charge in [-0.1, -0.05) is 11.6 Å². The van der Waals surface area contributed by atoms with Crippen LogP contribution < -0.4 is 14.8 Å². The average molecular weight is 507 g/mol. The Morgan fingerprint density at radius 1 is 1.14 bits per heavy atom. The number of morpholine rings is 1.